The van der Waals surface area contributed by atoms with E-state index in [1.807, 2.05) is 26.0 Å². The predicted molar refractivity (Wildman–Crippen MR) is 85.9 cm³/mol. The second-order valence-corrected chi connectivity index (χ2v) is 6.06. The van der Waals surface area contributed by atoms with E-state index in [1.54, 1.807) is 30.4 Å². The number of carbonyl (C=O) groups excluding carboxylic acids is 1. The molecule has 1 aromatic heterocycles. The van der Waals surface area contributed by atoms with Crippen molar-refractivity contribution in [3.05, 3.63) is 52.0 Å². The van der Waals surface area contributed by atoms with Gasteiger partial charge in [-0.3, -0.25) is 4.79 Å². The van der Waals surface area contributed by atoms with Crippen molar-refractivity contribution in [2.24, 2.45) is 5.10 Å². The monoisotopic (exact) mass is 320 g/mol. The van der Waals surface area contributed by atoms with E-state index in [2.05, 4.69) is 10.5 Å². The lowest BCUT2D eigenvalue weighted by atomic mass is 10.3. The van der Waals surface area contributed by atoms with Gasteiger partial charge in [0.15, 0.2) is 17.7 Å². The van der Waals surface area contributed by atoms with Crippen LogP contribution in [0.1, 0.15) is 23.6 Å². The Bertz CT molecular complexity index is 697. The van der Waals surface area contributed by atoms with Crippen LogP contribution in [0.15, 0.2) is 41.5 Å². The van der Waals surface area contributed by atoms with E-state index in [9.17, 15) is 9.18 Å². The van der Waals surface area contributed by atoms with Crippen molar-refractivity contribution >= 4 is 23.0 Å². The third kappa shape index (κ3) is 4.14. The molecule has 0 aliphatic carbocycles. The minimum atomic E-state index is -0.849. The van der Waals surface area contributed by atoms with Crippen LogP contribution in [0.5, 0.6) is 5.75 Å². The van der Waals surface area contributed by atoms with E-state index in [0.29, 0.717) is 5.71 Å². The fourth-order valence-corrected chi connectivity index (χ4v) is 2.51. The minimum absolute atomic E-state index is 0.0414. The normalized spacial score (nSPS) is 12.8. The molecule has 0 saturated carbocycles. The quantitative estimate of drug-likeness (QED) is 0.677. The molecule has 0 spiro atoms. The number of nitrogens with one attached hydrogen (secondary N) is 1. The van der Waals surface area contributed by atoms with Crippen molar-refractivity contribution in [3.8, 4) is 5.75 Å². The van der Waals surface area contributed by atoms with Gasteiger partial charge in [0.1, 0.15) is 0 Å². The summed E-state index contributed by atoms with van der Waals surface area (Å²) in [6.45, 7) is 5.36. The van der Waals surface area contributed by atoms with Crippen molar-refractivity contribution in [3.63, 3.8) is 0 Å². The second-order valence-electron chi connectivity index (χ2n) is 4.77. The number of thiophene rings is 1. The summed E-state index contributed by atoms with van der Waals surface area (Å²) in [5.74, 6) is -0.897. The number of nitrogens with zero attached hydrogens (tertiary/aromatic N) is 1. The Labute approximate surface area is 132 Å². The van der Waals surface area contributed by atoms with Crippen LogP contribution in [0.3, 0.4) is 0 Å². The number of amides is 1. The molecule has 0 saturated heterocycles. The molecule has 1 N–H and O–H groups in total. The average molecular weight is 320 g/mol. The zero-order chi connectivity index (χ0) is 16.1. The molecule has 1 atom stereocenters. The van der Waals surface area contributed by atoms with Crippen molar-refractivity contribution in [1.82, 2.24) is 5.43 Å². The van der Waals surface area contributed by atoms with Crippen molar-refractivity contribution < 1.29 is 13.9 Å². The maximum atomic E-state index is 13.5. The standard InChI is InChI=1S/C16H17FN2O2S/c1-10-8-9-15(22-10)11(2)18-19-16(20)12(3)21-14-7-5-4-6-13(14)17/h4-9,12H,1-3H3,(H,19,20)/b18-11-/t12-/m1/s1. The van der Waals surface area contributed by atoms with Crippen LogP contribution in [0, 0.1) is 12.7 Å². The fourth-order valence-electron chi connectivity index (χ4n) is 1.70. The second kappa shape index (κ2) is 7.17. The number of aryl methyl sites for hydroxylation is 1. The number of carbonyl (C=O) groups is 1. The average Bonchev–Trinajstić information content (AvgIpc) is 2.93. The van der Waals surface area contributed by atoms with Gasteiger partial charge >= 0.3 is 0 Å². The topological polar surface area (TPSA) is 50.7 Å². The maximum Gasteiger partial charge on any atom is 0.280 e. The summed E-state index contributed by atoms with van der Waals surface area (Å²) in [6.07, 6.45) is -0.849. The van der Waals surface area contributed by atoms with E-state index in [1.165, 1.54) is 17.0 Å². The molecule has 1 amide bonds. The lowest BCUT2D eigenvalue weighted by Crippen LogP contribution is -2.34. The first-order valence-corrected chi connectivity index (χ1v) is 7.61. The molecule has 0 aliphatic heterocycles. The summed E-state index contributed by atoms with van der Waals surface area (Å²) < 4.78 is 18.8. The van der Waals surface area contributed by atoms with Crippen molar-refractivity contribution in [2.75, 3.05) is 0 Å². The first-order valence-electron chi connectivity index (χ1n) is 6.79. The zero-order valence-electron chi connectivity index (χ0n) is 12.6. The smallest absolute Gasteiger partial charge is 0.280 e. The van der Waals surface area contributed by atoms with Gasteiger partial charge in [0, 0.05) is 4.88 Å². The van der Waals surface area contributed by atoms with Crippen LogP contribution in [0.2, 0.25) is 0 Å². The van der Waals surface area contributed by atoms with Crippen LogP contribution < -0.4 is 10.2 Å². The molecular weight excluding hydrogens is 303 g/mol. The van der Waals surface area contributed by atoms with Gasteiger partial charge in [0.25, 0.3) is 5.91 Å². The van der Waals surface area contributed by atoms with Gasteiger partial charge in [-0.05, 0) is 45.0 Å². The number of hydrogen-bond donors (Lipinski definition) is 1. The van der Waals surface area contributed by atoms with Gasteiger partial charge in [0.05, 0.1) is 10.6 Å². The summed E-state index contributed by atoms with van der Waals surface area (Å²) in [6, 6.07) is 9.90. The molecule has 6 heteroatoms. The first kappa shape index (κ1) is 16.2. The Morgan fingerprint density at radius 3 is 2.68 bits per heavy atom. The highest BCUT2D eigenvalue weighted by Gasteiger charge is 2.16. The van der Waals surface area contributed by atoms with Crippen LogP contribution in [0.4, 0.5) is 4.39 Å². The summed E-state index contributed by atoms with van der Waals surface area (Å²) >= 11 is 1.60. The van der Waals surface area contributed by atoms with Crippen molar-refractivity contribution in [2.45, 2.75) is 26.9 Å². The lowest BCUT2D eigenvalue weighted by Gasteiger charge is -2.13. The van der Waals surface area contributed by atoms with Gasteiger partial charge in [-0.25, -0.2) is 9.82 Å². The SMILES string of the molecule is C/C(=N/NC(=O)[C@@H](C)Oc1ccccc1F)c1ccc(C)s1. The Kier molecular flexibility index (Phi) is 5.27. The third-order valence-electron chi connectivity index (χ3n) is 2.94. The highest BCUT2D eigenvalue weighted by atomic mass is 32.1. The minimum Gasteiger partial charge on any atom is -0.478 e. The van der Waals surface area contributed by atoms with E-state index in [4.69, 9.17) is 4.74 Å². The lowest BCUT2D eigenvalue weighted by molar-refractivity contribution is -0.127. The Morgan fingerprint density at radius 2 is 2.05 bits per heavy atom. The number of hydrogen-bond acceptors (Lipinski definition) is 4. The summed E-state index contributed by atoms with van der Waals surface area (Å²) in [5.41, 5.74) is 3.15. The summed E-state index contributed by atoms with van der Waals surface area (Å²) in [5, 5.41) is 4.05. The van der Waals surface area contributed by atoms with Gasteiger partial charge in [-0.15, -0.1) is 11.3 Å². The molecule has 0 aliphatic rings. The molecular formula is C16H17FN2O2S. The molecule has 22 heavy (non-hydrogen) atoms. The maximum absolute atomic E-state index is 13.5. The largest absolute Gasteiger partial charge is 0.478 e. The molecule has 0 radical (unpaired) electrons. The van der Waals surface area contributed by atoms with Crippen molar-refractivity contribution in [1.29, 1.82) is 0 Å². The Balaban J connectivity index is 1.95. The van der Waals surface area contributed by atoms with Gasteiger partial charge in [0.2, 0.25) is 0 Å². The third-order valence-corrected chi connectivity index (χ3v) is 4.05. The number of rotatable bonds is 5. The van der Waals surface area contributed by atoms with E-state index in [0.717, 1.165) is 4.88 Å². The highest BCUT2D eigenvalue weighted by Crippen LogP contribution is 2.17. The molecule has 1 heterocycles. The first-order chi connectivity index (χ1) is 10.5. The highest BCUT2D eigenvalue weighted by molar-refractivity contribution is 7.14. The molecule has 1 aromatic carbocycles. The van der Waals surface area contributed by atoms with Crippen LogP contribution in [0.25, 0.3) is 0 Å². The molecule has 0 fully saturated rings. The molecule has 0 bridgehead atoms. The van der Waals surface area contributed by atoms with Crippen LogP contribution in [-0.4, -0.2) is 17.7 Å². The summed E-state index contributed by atoms with van der Waals surface area (Å²) in [4.78, 5) is 14.1. The van der Waals surface area contributed by atoms with Gasteiger partial charge < -0.3 is 4.74 Å². The van der Waals surface area contributed by atoms with Gasteiger partial charge in [-0.1, -0.05) is 12.1 Å². The molecule has 2 rings (SSSR count). The zero-order valence-corrected chi connectivity index (χ0v) is 13.4. The number of para-hydroxylation sites is 1. The van der Waals surface area contributed by atoms with Crippen LogP contribution in [-0.2, 0) is 4.79 Å². The molecule has 116 valence electrons. The Hall–Kier alpha value is -2.21. The predicted octanol–water partition coefficient (Wildman–Crippen LogP) is 3.50. The molecule has 0 unspecified atom stereocenters. The van der Waals surface area contributed by atoms with Gasteiger partial charge in [-0.2, -0.15) is 5.10 Å². The van der Waals surface area contributed by atoms with E-state index >= 15 is 0 Å². The summed E-state index contributed by atoms with van der Waals surface area (Å²) in [7, 11) is 0. The molecule has 4 nitrogen and oxygen atoms in total. The number of halogens is 1. The van der Waals surface area contributed by atoms with E-state index in [-0.39, 0.29) is 5.75 Å². The molecule has 2 aromatic rings. The number of ether oxygens (including phenoxy) is 1. The fraction of sp³-hybridized carbons (Fsp3) is 0.250. The van der Waals surface area contributed by atoms with E-state index < -0.39 is 17.8 Å². The number of hydrazone groups is 1. The van der Waals surface area contributed by atoms with Crippen LogP contribution >= 0.6 is 11.3 Å². The Morgan fingerprint density at radius 1 is 1.32 bits per heavy atom. The number of benzene rings is 1.